The lowest BCUT2D eigenvalue weighted by atomic mass is 10.2. The molecule has 5 heterocycles. The first-order valence-electron chi connectivity index (χ1n) is 16.7. The normalized spacial score (nSPS) is 15.4. The van der Waals surface area contributed by atoms with E-state index in [4.69, 9.17) is 15.2 Å². The number of aromatic amines is 1. The monoisotopic (exact) mass is 682 g/mol. The molecule has 0 saturated carbocycles. The molecule has 14 heteroatoms. The van der Waals surface area contributed by atoms with Crippen molar-refractivity contribution >= 4 is 49.8 Å². The van der Waals surface area contributed by atoms with Crippen LogP contribution in [-0.2, 0) is 22.6 Å². The van der Waals surface area contributed by atoms with E-state index < -0.39 is 4.92 Å². The van der Waals surface area contributed by atoms with E-state index in [-0.39, 0.29) is 16.3 Å². The number of hydrogen-bond acceptors (Lipinski definition) is 9. The SMILES string of the molecule is Nc1ccc2ccn(CCN3CCOCC3)c2c1.O=[N+]([O-])c1ccc2cc[nH]c2c1.O=[N+]([O-])c1ccc2ccn(CCN3CCOCC3)c2c1. The van der Waals surface area contributed by atoms with Gasteiger partial charge in [0.15, 0.2) is 0 Å². The molecule has 262 valence electrons. The summed E-state index contributed by atoms with van der Waals surface area (Å²) in [5.41, 5.74) is 9.88. The third-order valence-corrected chi connectivity index (χ3v) is 9.04. The molecule has 2 saturated heterocycles. The quantitative estimate of drug-likeness (QED) is 0.120. The van der Waals surface area contributed by atoms with Crippen LogP contribution in [0.15, 0.2) is 91.4 Å². The van der Waals surface area contributed by atoms with Crippen molar-refractivity contribution in [1.29, 1.82) is 0 Å². The van der Waals surface area contributed by atoms with Crippen LogP contribution in [0.4, 0.5) is 17.1 Å². The van der Waals surface area contributed by atoms with Crippen LogP contribution >= 0.6 is 0 Å². The van der Waals surface area contributed by atoms with Crippen molar-refractivity contribution in [1.82, 2.24) is 23.9 Å². The van der Waals surface area contributed by atoms with Crippen LogP contribution < -0.4 is 5.73 Å². The lowest BCUT2D eigenvalue weighted by Gasteiger charge is -2.26. The number of anilines is 1. The maximum atomic E-state index is 10.9. The number of aromatic nitrogens is 3. The number of nitrogen functional groups attached to an aromatic ring is 1. The fraction of sp³-hybridized carbons (Fsp3) is 0.333. The second-order valence-corrected chi connectivity index (χ2v) is 12.3. The third-order valence-electron chi connectivity index (χ3n) is 9.04. The largest absolute Gasteiger partial charge is 0.399 e. The van der Waals surface area contributed by atoms with Crippen LogP contribution in [0.25, 0.3) is 32.7 Å². The molecule has 0 atom stereocenters. The van der Waals surface area contributed by atoms with Crippen molar-refractivity contribution < 1.29 is 19.3 Å². The Kier molecular flexibility index (Phi) is 11.4. The minimum Gasteiger partial charge on any atom is -0.399 e. The minimum absolute atomic E-state index is 0.116. The van der Waals surface area contributed by atoms with Crippen molar-refractivity contribution in [3.05, 3.63) is 112 Å². The number of nitro groups is 2. The summed E-state index contributed by atoms with van der Waals surface area (Å²) < 4.78 is 15.0. The van der Waals surface area contributed by atoms with Gasteiger partial charge in [-0.25, -0.2) is 0 Å². The smallest absolute Gasteiger partial charge is 0.271 e. The molecule has 8 rings (SSSR count). The molecule has 3 aromatic carbocycles. The van der Waals surface area contributed by atoms with Crippen LogP contribution in [0.2, 0.25) is 0 Å². The number of H-pyrrole nitrogens is 1. The molecular weight excluding hydrogens is 640 g/mol. The van der Waals surface area contributed by atoms with Gasteiger partial charge in [-0.3, -0.25) is 30.0 Å². The fourth-order valence-electron chi connectivity index (χ4n) is 6.17. The molecule has 0 aliphatic carbocycles. The van der Waals surface area contributed by atoms with Gasteiger partial charge < -0.3 is 29.3 Å². The van der Waals surface area contributed by atoms with Gasteiger partial charge in [0.05, 0.1) is 52.8 Å². The van der Waals surface area contributed by atoms with E-state index in [1.807, 2.05) is 24.4 Å². The summed E-state index contributed by atoms with van der Waals surface area (Å²) in [4.78, 5) is 28.2. The van der Waals surface area contributed by atoms with Gasteiger partial charge in [0, 0.05) is 106 Å². The Bertz CT molecular complexity index is 2040. The second-order valence-electron chi connectivity index (χ2n) is 12.3. The summed E-state index contributed by atoms with van der Waals surface area (Å²) in [7, 11) is 0. The zero-order chi connectivity index (χ0) is 34.9. The molecule has 2 aliphatic rings. The van der Waals surface area contributed by atoms with E-state index in [0.29, 0.717) is 0 Å². The maximum Gasteiger partial charge on any atom is 0.271 e. The summed E-state index contributed by atoms with van der Waals surface area (Å²) in [6.45, 7) is 11.2. The van der Waals surface area contributed by atoms with Crippen LogP contribution in [-0.4, -0.2) is 99.5 Å². The first-order chi connectivity index (χ1) is 24.3. The number of fused-ring (bicyclic) bond motifs is 3. The number of nitro benzene ring substituents is 2. The van der Waals surface area contributed by atoms with Crippen LogP contribution in [0.1, 0.15) is 0 Å². The first kappa shape index (κ1) is 34.6. The van der Waals surface area contributed by atoms with Crippen LogP contribution in [0.3, 0.4) is 0 Å². The molecule has 0 unspecified atom stereocenters. The Morgan fingerprint density at radius 3 is 1.68 bits per heavy atom. The van der Waals surface area contributed by atoms with Gasteiger partial charge in [-0.1, -0.05) is 6.07 Å². The molecule has 6 aromatic rings. The zero-order valence-corrected chi connectivity index (χ0v) is 27.9. The predicted octanol–water partition coefficient (Wildman–Crippen LogP) is 5.51. The van der Waals surface area contributed by atoms with Gasteiger partial charge in [-0.05, 0) is 53.2 Å². The molecule has 2 aliphatic heterocycles. The molecule has 0 spiro atoms. The van der Waals surface area contributed by atoms with Crippen molar-refractivity contribution in [2.45, 2.75) is 13.1 Å². The van der Waals surface area contributed by atoms with Gasteiger partial charge in [0.1, 0.15) is 0 Å². The van der Waals surface area contributed by atoms with Crippen LogP contribution in [0, 0.1) is 20.2 Å². The highest BCUT2D eigenvalue weighted by atomic mass is 16.6. The number of nitrogens with two attached hydrogens (primary N) is 1. The van der Waals surface area contributed by atoms with Crippen molar-refractivity contribution in [2.75, 3.05) is 71.4 Å². The number of benzene rings is 3. The zero-order valence-electron chi connectivity index (χ0n) is 27.9. The summed E-state index contributed by atoms with van der Waals surface area (Å²) in [6.07, 6.45) is 5.90. The van der Waals surface area contributed by atoms with E-state index in [1.165, 1.54) is 23.0 Å². The van der Waals surface area contributed by atoms with E-state index in [1.54, 1.807) is 30.5 Å². The topological polar surface area (TPSA) is 163 Å². The van der Waals surface area contributed by atoms with Crippen LogP contribution in [0.5, 0.6) is 0 Å². The van der Waals surface area contributed by atoms with Crippen molar-refractivity contribution in [2.24, 2.45) is 0 Å². The average molecular weight is 683 g/mol. The Morgan fingerprint density at radius 2 is 1.12 bits per heavy atom. The molecule has 2 fully saturated rings. The van der Waals surface area contributed by atoms with Gasteiger partial charge in [0.25, 0.3) is 11.4 Å². The molecule has 3 aromatic heterocycles. The number of nitrogens with one attached hydrogen (secondary N) is 1. The van der Waals surface area contributed by atoms with E-state index in [9.17, 15) is 20.2 Å². The number of ether oxygens (including phenoxy) is 2. The van der Waals surface area contributed by atoms with Gasteiger partial charge in [-0.2, -0.15) is 0 Å². The van der Waals surface area contributed by atoms with E-state index in [2.05, 4.69) is 48.3 Å². The summed E-state index contributed by atoms with van der Waals surface area (Å²) in [5.74, 6) is 0. The molecule has 0 bridgehead atoms. The number of non-ortho nitro benzene ring substituents is 2. The molecular formula is C36H42N8O6. The highest BCUT2D eigenvalue weighted by Gasteiger charge is 2.13. The van der Waals surface area contributed by atoms with Gasteiger partial charge >= 0.3 is 0 Å². The lowest BCUT2D eigenvalue weighted by molar-refractivity contribution is -0.384. The standard InChI is InChI=1S/C14H17N3O3.C14H19N3O.C8H6N2O2/c18-17(19)13-2-1-12-3-4-16(14(12)11-13)6-5-15-7-9-20-10-8-15;15-13-2-1-12-3-4-17(14(12)11-13)6-5-16-7-9-18-10-8-16;11-10(12)7-2-1-6-3-4-9-8(6)5-7/h1-4,11H,5-10H2;1-4,11H,5-10,15H2;1-5,9H. The third kappa shape index (κ3) is 8.84. The fourth-order valence-corrected chi connectivity index (χ4v) is 6.17. The Labute approximate surface area is 288 Å². The number of hydrogen-bond donors (Lipinski definition) is 2. The summed E-state index contributed by atoms with van der Waals surface area (Å²) >= 11 is 0. The van der Waals surface area contributed by atoms with Gasteiger partial charge in [0.2, 0.25) is 0 Å². The number of morpholine rings is 2. The average Bonchev–Trinajstić information content (AvgIpc) is 3.89. The highest BCUT2D eigenvalue weighted by molar-refractivity contribution is 5.84. The second kappa shape index (κ2) is 16.4. The van der Waals surface area contributed by atoms with Crippen molar-refractivity contribution in [3.63, 3.8) is 0 Å². The summed E-state index contributed by atoms with van der Waals surface area (Å²) in [5, 5.41) is 24.5. The van der Waals surface area contributed by atoms with E-state index in [0.717, 1.165) is 106 Å². The Balaban J connectivity index is 0.000000134. The number of nitrogens with zero attached hydrogens (tertiary/aromatic N) is 6. The lowest BCUT2D eigenvalue weighted by Crippen LogP contribution is -2.38. The molecule has 3 N–H and O–H groups in total. The molecule has 0 radical (unpaired) electrons. The highest BCUT2D eigenvalue weighted by Crippen LogP contribution is 2.23. The van der Waals surface area contributed by atoms with E-state index >= 15 is 0 Å². The predicted molar refractivity (Wildman–Crippen MR) is 194 cm³/mol. The molecule has 50 heavy (non-hydrogen) atoms. The van der Waals surface area contributed by atoms with Crippen molar-refractivity contribution in [3.8, 4) is 0 Å². The first-order valence-corrected chi connectivity index (χ1v) is 16.7. The maximum absolute atomic E-state index is 10.9. The molecule has 0 amide bonds. The molecule has 14 nitrogen and oxygen atoms in total. The summed E-state index contributed by atoms with van der Waals surface area (Å²) in [6, 6.07) is 21.8. The Hall–Kier alpha value is -5.28. The minimum atomic E-state index is -0.402. The number of rotatable bonds is 8. The van der Waals surface area contributed by atoms with Gasteiger partial charge in [-0.15, -0.1) is 0 Å². The Morgan fingerprint density at radius 1 is 0.620 bits per heavy atom.